The Labute approximate surface area is 120 Å². The second kappa shape index (κ2) is 6.60. The third kappa shape index (κ3) is 3.62. The molecule has 0 saturated heterocycles. The number of amides is 1. The Morgan fingerprint density at radius 1 is 1.14 bits per heavy atom. The lowest BCUT2D eigenvalue weighted by molar-refractivity contribution is -0.385. The molecule has 2 aromatic rings. The minimum Gasteiger partial charge on any atom is -0.351 e. The topological polar surface area (TPSA) is 72.2 Å². The summed E-state index contributed by atoms with van der Waals surface area (Å²) >= 11 is 0. The molecule has 0 atom stereocenters. The molecule has 0 spiro atoms. The lowest BCUT2D eigenvalue weighted by atomic mass is 10.1. The molecule has 108 valence electrons. The number of nitro benzene ring substituents is 1. The van der Waals surface area contributed by atoms with Gasteiger partial charge in [0.2, 0.25) is 0 Å². The molecule has 2 aromatic carbocycles. The van der Waals surface area contributed by atoms with Crippen molar-refractivity contribution in [3.63, 3.8) is 0 Å². The quantitative estimate of drug-likeness (QED) is 0.679. The van der Waals surface area contributed by atoms with E-state index in [1.165, 1.54) is 24.3 Å². The van der Waals surface area contributed by atoms with Gasteiger partial charge in [0.15, 0.2) is 0 Å². The van der Waals surface area contributed by atoms with Crippen LogP contribution in [0.25, 0.3) is 0 Å². The number of carbonyl (C=O) groups is 1. The first-order valence-corrected chi connectivity index (χ1v) is 6.34. The van der Waals surface area contributed by atoms with Crippen molar-refractivity contribution in [2.45, 2.75) is 6.42 Å². The maximum absolute atomic E-state index is 13.4. The molecule has 0 aliphatic heterocycles. The number of carbonyl (C=O) groups excluding carboxylic acids is 1. The molecule has 0 saturated carbocycles. The number of para-hydroxylation sites is 1. The molecule has 6 heteroatoms. The molecule has 0 unspecified atom stereocenters. The molecule has 1 amide bonds. The standard InChI is InChI=1S/C15H13FN2O3/c16-13-7-3-1-5-11(13)9-10-17-15(19)12-6-2-4-8-14(12)18(20)21/h1-8H,9-10H2,(H,17,19). The highest BCUT2D eigenvalue weighted by molar-refractivity contribution is 5.98. The zero-order chi connectivity index (χ0) is 15.2. The number of halogens is 1. The van der Waals surface area contributed by atoms with E-state index in [1.807, 2.05) is 0 Å². The van der Waals surface area contributed by atoms with Crippen molar-refractivity contribution in [2.75, 3.05) is 6.54 Å². The predicted octanol–water partition coefficient (Wildman–Crippen LogP) is 2.71. The van der Waals surface area contributed by atoms with Crippen LogP contribution in [0.5, 0.6) is 0 Å². The summed E-state index contributed by atoms with van der Waals surface area (Å²) in [7, 11) is 0. The monoisotopic (exact) mass is 288 g/mol. The van der Waals surface area contributed by atoms with E-state index in [0.29, 0.717) is 12.0 Å². The summed E-state index contributed by atoms with van der Waals surface area (Å²) in [5.41, 5.74) is 0.234. The predicted molar refractivity (Wildman–Crippen MR) is 75.5 cm³/mol. The van der Waals surface area contributed by atoms with Gasteiger partial charge in [-0.15, -0.1) is 0 Å². The molecule has 0 heterocycles. The lowest BCUT2D eigenvalue weighted by Gasteiger charge is -2.06. The highest BCUT2D eigenvalue weighted by Gasteiger charge is 2.18. The van der Waals surface area contributed by atoms with E-state index in [4.69, 9.17) is 0 Å². The Hall–Kier alpha value is -2.76. The Morgan fingerprint density at radius 2 is 1.81 bits per heavy atom. The summed E-state index contributed by atoms with van der Waals surface area (Å²) in [6.07, 6.45) is 0.318. The summed E-state index contributed by atoms with van der Waals surface area (Å²) < 4.78 is 13.4. The van der Waals surface area contributed by atoms with Gasteiger partial charge in [-0.2, -0.15) is 0 Å². The number of rotatable bonds is 5. The van der Waals surface area contributed by atoms with Gasteiger partial charge in [0.1, 0.15) is 11.4 Å². The van der Waals surface area contributed by atoms with Gasteiger partial charge in [-0.3, -0.25) is 14.9 Å². The van der Waals surface area contributed by atoms with E-state index >= 15 is 0 Å². The molecular weight excluding hydrogens is 275 g/mol. The third-order valence-electron chi connectivity index (χ3n) is 2.98. The molecule has 5 nitrogen and oxygen atoms in total. The molecule has 0 aliphatic carbocycles. The van der Waals surface area contributed by atoms with E-state index in [0.717, 1.165) is 0 Å². The fourth-order valence-electron chi connectivity index (χ4n) is 1.93. The second-order valence-electron chi connectivity index (χ2n) is 4.37. The van der Waals surface area contributed by atoms with Crippen molar-refractivity contribution < 1.29 is 14.1 Å². The van der Waals surface area contributed by atoms with Crippen molar-refractivity contribution in [1.29, 1.82) is 0 Å². The first-order valence-electron chi connectivity index (χ1n) is 6.34. The van der Waals surface area contributed by atoms with E-state index in [-0.39, 0.29) is 23.6 Å². The second-order valence-corrected chi connectivity index (χ2v) is 4.37. The van der Waals surface area contributed by atoms with Gasteiger partial charge in [-0.25, -0.2) is 4.39 Å². The summed E-state index contributed by atoms with van der Waals surface area (Å²) in [6.45, 7) is 0.200. The van der Waals surface area contributed by atoms with Crippen LogP contribution in [0, 0.1) is 15.9 Å². The molecule has 0 aliphatic rings. The van der Waals surface area contributed by atoms with E-state index < -0.39 is 10.8 Å². The van der Waals surface area contributed by atoms with Gasteiger partial charge in [0, 0.05) is 12.6 Å². The van der Waals surface area contributed by atoms with Gasteiger partial charge >= 0.3 is 0 Å². The number of hydrogen-bond donors (Lipinski definition) is 1. The number of nitro groups is 1. The van der Waals surface area contributed by atoms with Crippen LogP contribution in [0.3, 0.4) is 0 Å². The maximum atomic E-state index is 13.4. The molecule has 0 radical (unpaired) electrons. The normalized spacial score (nSPS) is 10.1. The SMILES string of the molecule is O=C(NCCc1ccccc1F)c1ccccc1[N+](=O)[O-]. The third-order valence-corrected chi connectivity index (χ3v) is 2.98. The van der Waals surface area contributed by atoms with Crippen molar-refractivity contribution >= 4 is 11.6 Å². The molecular formula is C15H13FN2O3. The van der Waals surface area contributed by atoms with E-state index in [9.17, 15) is 19.3 Å². The summed E-state index contributed by atoms with van der Waals surface area (Å²) in [4.78, 5) is 22.2. The number of hydrogen-bond acceptors (Lipinski definition) is 3. The van der Waals surface area contributed by atoms with E-state index in [2.05, 4.69) is 5.32 Å². The lowest BCUT2D eigenvalue weighted by Crippen LogP contribution is -2.26. The van der Waals surface area contributed by atoms with Crippen LogP contribution in [0.2, 0.25) is 0 Å². The van der Waals surface area contributed by atoms with Gasteiger partial charge in [0.05, 0.1) is 4.92 Å². The first kappa shape index (κ1) is 14.6. The Balaban J connectivity index is 2.00. The van der Waals surface area contributed by atoms with E-state index in [1.54, 1.807) is 24.3 Å². The van der Waals surface area contributed by atoms with Gasteiger partial charge in [0.25, 0.3) is 11.6 Å². The Bertz CT molecular complexity index is 673. The average Bonchev–Trinajstić information content (AvgIpc) is 2.49. The van der Waals surface area contributed by atoms with Crippen molar-refractivity contribution in [3.05, 3.63) is 75.6 Å². The minimum absolute atomic E-state index is 0.00367. The van der Waals surface area contributed by atoms with Crippen LogP contribution in [-0.2, 0) is 6.42 Å². The number of nitrogens with zero attached hydrogens (tertiary/aromatic N) is 1. The smallest absolute Gasteiger partial charge is 0.282 e. The highest BCUT2D eigenvalue weighted by Crippen LogP contribution is 2.17. The summed E-state index contributed by atoms with van der Waals surface area (Å²) in [6, 6.07) is 12.0. The van der Waals surface area contributed by atoms with Crippen LogP contribution < -0.4 is 5.32 Å². The zero-order valence-electron chi connectivity index (χ0n) is 11.1. The van der Waals surface area contributed by atoms with Crippen LogP contribution in [0.15, 0.2) is 48.5 Å². The fraction of sp³-hybridized carbons (Fsp3) is 0.133. The average molecular weight is 288 g/mol. The zero-order valence-corrected chi connectivity index (χ0v) is 11.1. The van der Waals surface area contributed by atoms with Crippen LogP contribution in [-0.4, -0.2) is 17.4 Å². The fourth-order valence-corrected chi connectivity index (χ4v) is 1.93. The Morgan fingerprint density at radius 3 is 2.52 bits per heavy atom. The largest absolute Gasteiger partial charge is 0.351 e. The molecule has 0 bridgehead atoms. The van der Waals surface area contributed by atoms with Crippen molar-refractivity contribution in [3.8, 4) is 0 Å². The van der Waals surface area contributed by atoms with Gasteiger partial charge in [-0.1, -0.05) is 30.3 Å². The molecule has 1 N–H and O–H groups in total. The molecule has 0 fully saturated rings. The van der Waals surface area contributed by atoms with Crippen LogP contribution in [0.1, 0.15) is 15.9 Å². The maximum Gasteiger partial charge on any atom is 0.282 e. The van der Waals surface area contributed by atoms with Gasteiger partial charge < -0.3 is 5.32 Å². The Kier molecular flexibility index (Phi) is 4.61. The summed E-state index contributed by atoms with van der Waals surface area (Å²) in [5.74, 6) is -0.879. The summed E-state index contributed by atoms with van der Waals surface area (Å²) in [5, 5.41) is 13.4. The molecule has 21 heavy (non-hydrogen) atoms. The first-order chi connectivity index (χ1) is 10.1. The molecule has 2 rings (SSSR count). The van der Waals surface area contributed by atoms with Crippen LogP contribution in [0.4, 0.5) is 10.1 Å². The minimum atomic E-state index is -0.605. The van der Waals surface area contributed by atoms with Crippen molar-refractivity contribution in [1.82, 2.24) is 5.32 Å². The molecule has 0 aromatic heterocycles. The number of benzene rings is 2. The highest BCUT2D eigenvalue weighted by atomic mass is 19.1. The van der Waals surface area contributed by atoms with Gasteiger partial charge in [-0.05, 0) is 24.1 Å². The van der Waals surface area contributed by atoms with Crippen LogP contribution >= 0.6 is 0 Å². The number of nitrogens with one attached hydrogen (secondary N) is 1. The van der Waals surface area contributed by atoms with Crippen molar-refractivity contribution in [2.24, 2.45) is 0 Å².